The SMILES string of the molecule is Cc1cccc(Oc2ccc3c(c2)CCNc2ncnc4c2c-3c(-c2ccc([N+](=O)[O-])cc2)n4C)n1. The topological polar surface area (TPSA) is 108 Å². The number of anilines is 1. The summed E-state index contributed by atoms with van der Waals surface area (Å²) < 4.78 is 8.09. The summed E-state index contributed by atoms with van der Waals surface area (Å²) in [5, 5.41) is 15.6. The molecule has 0 bridgehead atoms. The van der Waals surface area contributed by atoms with E-state index in [4.69, 9.17) is 4.74 Å². The smallest absolute Gasteiger partial charge is 0.269 e. The number of nitro groups is 1. The summed E-state index contributed by atoms with van der Waals surface area (Å²) in [6.45, 7) is 2.63. The Morgan fingerprint density at radius 3 is 2.69 bits per heavy atom. The lowest BCUT2D eigenvalue weighted by Gasteiger charge is -2.18. The summed E-state index contributed by atoms with van der Waals surface area (Å²) >= 11 is 0. The van der Waals surface area contributed by atoms with Crippen LogP contribution in [0.25, 0.3) is 33.4 Å². The average Bonchev–Trinajstić information content (AvgIpc) is 3.16. The van der Waals surface area contributed by atoms with Crippen LogP contribution in [0.5, 0.6) is 11.6 Å². The number of hydrogen-bond donors (Lipinski definition) is 1. The third-order valence-electron chi connectivity index (χ3n) is 6.44. The maximum absolute atomic E-state index is 11.2. The number of aromatic nitrogens is 4. The van der Waals surface area contributed by atoms with Crippen molar-refractivity contribution in [3.8, 4) is 34.0 Å². The van der Waals surface area contributed by atoms with Crippen molar-refractivity contribution < 1.29 is 9.66 Å². The molecule has 0 fully saturated rings. The molecule has 9 nitrogen and oxygen atoms in total. The van der Waals surface area contributed by atoms with Gasteiger partial charge in [0.15, 0.2) is 0 Å². The van der Waals surface area contributed by atoms with E-state index in [1.54, 1.807) is 18.5 Å². The Kier molecular flexibility index (Phi) is 5.10. The lowest BCUT2D eigenvalue weighted by molar-refractivity contribution is -0.384. The van der Waals surface area contributed by atoms with E-state index < -0.39 is 4.92 Å². The quantitative estimate of drug-likeness (QED) is 0.262. The van der Waals surface area contributed by atoms with Crippen LogP contribution in [0.2, 0.25) is 0 Å². The van der Waals surface area contributed by atoms with Crippen LogP contribution in [0.15, 0.2) is 67.0 Å². The highest BCUT2D eigenvalue weighted by Gasteiger charge is 2.26. The van der Waals surface area contributed by atoms with Crippen LogP contribution >= 0.6 is 0 Å². The van der Waals surface area contributed by atoms with Crippen molar-refractivity contribution >= 4 is 22.5 Å². The molecule has 9 heteroatoms. The van der Waals surface area contributed by atoms with Gasteiger partial charge in [-0.25, -0.2) is 15.0 Å². The van der Waals surface area contributed by atoms with E-state index in [-0.39, 0.29) is 5.69 Å². The van der Waals surface area contributed by atoms with Gasteiger partial charge in [0.05, 0.1) is 16.0 Å². The molecule has 0 saturated carbocycles. The molecule has 178 valence electrons. The third kappa shape index (κ3) is 3.61. The number of nitrogens with zero attached hydrogens (tertiary/aromatic N) is 5. The first-order chi connectivity index (χ1) is 17.5. The van der Waals surface area contributed by atoms with E-state index in [1.165, 1.54) is 12.1 Å². The van der Waals surface area contributed by atoms with Crippen LogP contribution in [0.3, 0.4) is 0 Å². The molecule has 0 amide bonds. The predicted molar refractivity (Wildman–Crippen MR) is 137 cm³/mol. The van der Waals surface area contributed by atoms with Crippen LogP contribution in [0.1, 0.15) is 11.3 Å². The van der Waals surface area contributed by atoms with Gasteiger partial charge in [0.1, 0.15) is 23.5 Å². The Balaban J connectivity index is 1.55. The Bertz CT molecular complexity index is 1640. The summed E-state index contributed by atoms with van der Waals surface area (Å²) in [6, 6.07) is 18.4. The van der Waals surface area contributed by atoms with E-state index in [1.807, 2.05) is 48.9 Å². The summed E-state index contributed by atoms with van der Waals surface area (Å²) in [5.74, 6) is 2.03. The monoisotopic (exact) mass is 478 g/mol. The van der Waals surface area contributed by atoms with E-state index >= 15 is 0 Å². The number of fused-ring (bicyclic) bond motifs is 2. The zero-order valence-corrected chi connectivity index (χ0v) is 19.7. The molecule has 0 radical (unpaired) electrons. The minimum absolute atomic E-state index is 0.0503. The molecule has 0 unspecified atom stereocenters. The second kappa shape index (κ2) is 8.46. The molecule has 5 aromatic rings. The first-order valence-corrected chi connectivity index (χ1v) is 11.6. The van der Waals surface area contributed by atoms with Gasteiger partial charge in [0, 0.05) is 43.0 Å². The van der Waals surface area contributed by atoms with Crippen LogP contribution < -0.4 is 10.1 Å². The normalized spacial score (nSPS) is 12.4. The van der Waals surface area contributed by atoms with Gasteiger partial charge >= 0.3 is 0 Å². The Morgan fingerprint density at radius 2 is 1.92 bits per heavy atom. The van der Waals surface area contributed by atoms with Crippen LogP contribution in [-0.4, -0.2) is 31.0 Å². The zero-order valence-electron chi connectivity index (χ0n) is 19.7. The first kappa shape index (κ1) is 21.7. The molecule has 1 N–H and O–H groups in total. The van der Waals surface area contributed by atoms with Gasteiger partial charge in [-0.15, -0.1) is 0 Å². The fourth-order valence-corrected chi connectivity index (χ4v) is 4.82. The number of ether oxygens (including phenoxy) is 1. The predicted octanol–water partition coefficient (Wildman–Crippen LogP) is 5.67. The standard InChI is InChI=1S/C27H22N6O3/c1-16-4-3-5-22(31-16)36-20-10-11-21-18(14-20)12-13-28-26-24-23(21)25(32(2)27(24)30-15-29-26)17-6-8-19(9-7-17)33(34)35/h3-11,14-15H,12-13H2,1-2H3,(H,28,29,30). The van der Waals surface area contributed by atoms with Gasteiger partial charge in [0.25, 0.3) is 5.69 Å². The van der Waals surface area contributed by atoms with Gasteiger partial charge in [-0.05, 0) is 60.4 Å². The van der Waals surface area contributed by atoms with Crippen molar-refractivity contribution in [3.63, 3.8) is 0 Å². The van der Waals surface area contributed by atoms with Crippen molar-refractivity contribution in [2.75, 3.05) is 11.9 Å². The van der Waals surface area contributed by atoms with Gasteiger partial charge in [-0.1, -0.05) is 12.1 Å². The Hall–Kier alpha value is -4.79. The number of pyridine rings is 1. The molecule has 1 aliphatic rings. The minimum atomic E-state index is -0.391. The van der Waals surface area contributed by atoms with Crippen molar-refractivity contribution in [2.24, 2.45) is 7.05 Å². The highest BCUT2D eigenvalue weighted by atomic mass is 16.6. The lowest BCUT2D eigenvalue weighted by atomic mass is 9.92. The molecule has 2 aromatic carbocycles. The highest BCUT2D eigenvalue weighted by molar-refractivity contribution is 6.09. The van der Waals surface area contributed by atoms with Crippen molar-refractivity contribution in [3.05, 3.63) is 88.4 Å². The van der Waals surface area contributed by atoms with E-state index in [9.17, 15) is 10.1 Å². The number of aryl methyl sites for hydroxylation is 2. The number of non-ortho nitro benzene ring substituents is 1. The zero-order chi connectivity index (χ0) is 24.8. The Labute approximate surface area is 206 Å². The molecule has 0 spiro atoms. The van der Waals surface area contributed by atoms with Crippen LogP contribution in [-0.2, 0) is 13.5 Å². The Morgan fingerprint density at radius 1 is 1.08 bits per heavy atom. The molecule has 6 rings (SSSR count). The van der Waals surface area contributed by atoms with Gasteiger partial charge < -0.3 is 14.6 Å². The van der Waals surface area contributed by atoms with Gasteiger partial charge in [0.2, 0.25) is 5.88 Å². The average molecular weight is 479 g/mol. The lowest BCUT2D eigenvalue weighted by Crippen LogP contribution is -2.10. The summed E-state index contributed by atoms with van der Waals surface area (Å²) in [4.78, 5) is 24.4. The number of nitrogens with one attached hydrogen (secondary N) is 1. The van der Waals surface area contributed by atoms with Crippen molar-refractivity contribution in [1.82, 2.24) is 19.5 Å². The first-order valence-electron chi connectivity index (χ1n) is 11.6. The third-order valence-corrected chi connectivity index (χ3v) is 6.44. The molecule has 36 heavy (non-hydrogen) atoms. The van der Waals surface area contributed by atoms with Crippen LogP contribution in [0, 0.1) is 17.0 Å². The van der Waals surface area contributed by atoms with Crippen molar-refractivity contribution in [2.45, 2.75) is 13.3 Å². The largest absolute Gasteiger partial charge is 0.439 e. The number of nitro benzene ring substituents is 1. The molecular weight excluding hydrogens is 456 g/mol. The molecule has 0 aliphatic carbocycles. The second-order valence-electron chi connectivity index (χ2n) is 8.72. The fraction of sp³-hybridized carbons (Fsp3) is 0.148. The van der Waals surface area contributed by atoms with E-state index in [0.29, 0.717) is 18.2 Å². The molecule has 0 atom stereocenters. The molecule has 1 aliphatic heterocycles. The van der Waals surface area contributed by atoms with Crippen molar-refractivity contribution in [1.29, 1.82) is 0 Å². The summed E-state index contributed by atoms with van der Waals surface area (Å²) in [7, 11) is 1.96. The van der Waals surface area contributed by atoms with E-state index in [0.717, 1.165) is 56.9 Å². The van der Waals surface area contributed by atoms with Gasteiger partial charge in [-0.2, -0.15) is 0 Å². The molecular formula is C27H22N6O3. The number of benzene rings is 2. The molecule has 4 heterocycles. The van der Waals surface area contributed by atoms with Gasteiger partial charge in [-0.3, -0.25) is 10.1 Å². The fourth-order valence-electron chi connectivity index (χ4n) is 4.82. The number of rotatable bonds is 4. The minimum Gasteiger partial charge on any atom is -0.439 e. The number of hydrogen-bond acceptors (Lipinski definition) is 7. The van der Waals surface area contributed by atoms with E-state index in [2.05, 4.69) is 26.3 Å². The van der Waals surface area contributed by atoms with Crippen LogP contribution in [0.4, 0.5) is 11.5 Å². The maximum atomic E-state index is 11.2. The second-order valence-corrected chi connectivity index (χ2v) is 8.72. The highest BCUT2D eigenvalue weighted by Crippen LogP contribution is 2.45. The molecule has 3 aromatic heterocycles. The molecule has 0 saturated heterocycles. The maximum Gasteiger partial charge on any atom is 0.269 e. The summed E-state index contributed by atoms with van der Waals surface area (Å²) in [6.07, 6.45) is 2.32. The summed E-state index contributed by atoms with van der Waals surface area (Å²) in [5.41, 5.74) is 6.65.